The van der Waals surface area contributed by atoms with Gasteiger partial charge in [-0.05, 0) is 24.0 Å². The fourth-order valence-corrected chi connectivity index (χ4v) is 2.28. The van der Waals surface area contributed by atoms with E-state index in [1.54, 1.807) is 0 Å². The number of Topliss-reactive ketones (excluding diaryl/α,β-unsaturated/α-hetero) is 1. The van der Waals surface area contributed by atoms with Crippen LogP contribution in [0.25, 0.3) is 0 Å². The Morgan fingerprint density at radius 3 is 2.94 bits per heavy atom. The van der Waals surface area contributed by atoms with Gasteiger partial charge < -0.3 is 4.74 Å². The summed E-state index contributed by atoms with van der Waals surface area (Å²) in [5, 5.41) is 0. The molecule has 1 aromatic carbocycles. The smallest absolute Gasteiger partial charge is 0.135 e. The highest BCUT2D eigenvalue weighted by atomic mass is 16.5. The van der Waals surface area contributed by atoms with Crippen LogP contribution in [-0.2, 0) is 16.0 Å². The number of fused-ring (bicyclic) bond motifs is 1. The SMILES string of the molecule is CC(C)C(=O)CCC1OCCc2ccccc21. The fraction of sp³-hybridized carbons (Fsp3) is 0.533. The molecule has 0 amide bonds. The van der Waals surface area contributed by atoms with Crippen molar-refractivity contribution in [3.05, 3.63) is 35.4 Å². The molecule has 1 aliphatic rings. The minimum absolute atomic E-state index is 0.114. The maximum atomic E-state index is 11.6. The number of ether oxygens (including phenoxy) is 1. The molecule has 0 aromatic heterocycles. The third kappa shape index (κ3) is 2.95. The van der Waals surface area contributed by atoms with Crippen LogP contribution in [0.3, 0.4) is 0 Å². The number of hydrogen-bond acceptors (Lipinski definition) is 2. The molecule has 0 aliphatic carbocycles. The Morgan fingerprint density at radius 1 is 1.41 bits per heavy atom. The molecule has 1 aromatic rings. The fourth-order valence-electron chi connectivity index (χ4n) is 2.28. The van der Waals surface area contributed by atoms with E-state index in [0.717, 1.165) is 19.4 Å². The monoisotopic (exact) mass is 232 g/mol. The number of hydrogen-bond donors (Lipinski definition) is 0. The average molecular weight is 232 g/mol. The molecule has 17 heavy (non-hydrogen) atoms. The Labute approximate surface area is 103 Å². The minimum atomic E-state index is 0.114. The van der Waals surface area contributed by atoms with Gasteiger partial charge in [-0.3, -0.25) is 4.79 Å². The molecule has 1 unspecified atom stereocenters. The Kier molecular flexibility index (Phi) is 3.95. The second kappa shape index (κ2) is 5.46. The maximum Gasteiger partial charge on any atom is 0.135 e. The van der Waals surface area contributed by atoms with Gasteiger partial charge in [-0.2, -0.15) is 0 Å². The van der Waals surface area contributed by atoms with Gasteiger partial charge in [0, 0.05) is 12.3 Å². The zero-order chi connectivity index (χ0) is 12.3. The lowest BCUT2D eigenvalue weighted by atomic mass is 9.93. The largest absolute Gasteiger partial charge is 0.373 e. The lowest BCUT2D eigenvalue weighted by molar-refractivity contribution is -0.122. The van der Waals surface area contributed by atoms with E-state index < -0.39 is 0 Å². The van der Waals surface area contributed by atoms with Gasteiger partial charge in [-0.25, -0.2) is 0 Å². The van der Waals surface area contributed by atoms with E-state index in [4.69, 9.17) is 4.74 Å². The number of rotatable bonds is 4. The summed E-state index contributed by atoms with van der Waals surface area (Å²) >= 11 is 0. The van der Waals surface area contributed by atoms with Crippen molar-refractivity contribution in [3.63, 3.8) is 0 Å². The summed E-state index contributed by atoms with van der Waals surface area (Å²) in [5.41, 5.74) is 2.65. The summed E-state index contributed by atoms with van der Waals surface area (Å²) in [5.74, 6) is 0.463. The summed E-state index contributed by atoms with van der Waals surface area (Å²) < 4.78 is 5.78. The Balaban J connectivity index is 2.01. The van der Waals surface area contributed by atoms with Gasteiger partial charge in [0.15, 0.2) is 0 Å². The lowest BCUT2D eigenvalue weighted by Crippen LogP contribution is -2.18. The predicted molar refractivity (Wildman–Crippen MR) is 67.9 cm³/mol. The topological polar surface area (TPSA) is 26.3 Å². The van der Waals surface area contributed by atoms with E-state index in [1.807, 2.05) is 19.9 Å². The predicted octanol–water partition coefficient (Wildman–Crippen LogP) is 3.31. The van der Waals surface area contributed by atoms with Crippen LogP contribution in [0.2, 0.25) is 0 Å². The van der Waals surface area contributed by atoms with Crippen molar-refractivity contribution >= 4 is 5.78 Å². The van der Waals surface area contributed by atoms with Crippen molar-refractivity contribution < 1.29 is 9.53 Å². The first-order valence-corrected chi connectivity index (χ1v) is 6.40. The minimum Gasteiger partial charge on any atom is -0.373 e. The van der Waals surface area contributed by atoms with E-state index in [0.29, 0.717) is 12.2 Å². The quantitative estimate of drug-likeness (QED) is 0.796. The van der Waals surface area contributed by atoms with Gasteiger partial charge in [-0.1, -0.05) is 38.1 Å². The summed E-state index contributed by atoms with van der Waals surface area (Å²) in [6.45, 7) is 4.69. The molecule has 1 heterocycles. The molecule has 2 rings (SSSR count). The van der Waals surface area contributed by atoms with Crippen LogP contribution in [0.4, 0.5) is 0 Å². The standard InChI is InChI=1S/C15H20O2/c1-11(2)14(16)7-8-15-13-6-4-3-5-12(13)9-10-17-15/h3-6,11,15H,7-10H2,1-2H3. The Morgan fingerprint density at radius 2 is 2.18 bits per heavy atom. The molecule has 92 valence electrons. The van der Waals surface area contributed by atoms with Crippen molar-refractivity contribution in [2.24, 2.45) is 5.92 Å². The summed E-state index contributed by atoms with van der Waals surface area (Å²) in [6, 6.07) is 8.40. The summed E-state index contributed by atoms with van der Waals surface area (Å²) in [4.78, 5) is 11.6. The van der Waals surface area contributed by atoms with Crippen molar-refractivity contribution in [1.82, 2.24) is 0 Å². The first kappa shape index (κ1) is 12.3. The van der Waals surface area contributed by atoms with E-state index >= 15 is 0 Å². The van der Waals surface area contributed by atoms with Crippen LogP contribution in [0.5, 0.6) is 0 Å². The molecule has 2 heteroatoms. The van der Waals surface area contributed by atoms with Crippen LogP contribution in [0.1, 0.15) is 43.9 Å². The van der Waals surface area contributed by atoms with Crippen LogP contribution < -0.4 is 0 Å². The number of carbonyl (C=O) groups is 1. The number of benzene rings is 1. The van der Waals surface area contributed by atoms with Crippen LogP contribution in [-0.4, -0.2) is 12.4 Å². The van der Waals surface area contributed by atoms with Crippen molar-refractivity contribution in [3.8, 4) is 0 Å². The molecule has 2 nitrogen and oxygen atoms in total. The molecule has 1 atom stereocenters. The van der Waals surface area contributed by atoms with Crippen LogP contribution in [0, 0.1) is 5.92 Å². The van der Waals surface area contributed by atoms with Crippen molar-refractivity contribution in [2.45, 2.75) is 39.2 Å². The number of ketones is 1. The highest BCUT2D eigenvalue weighted by Gasteiger charge is 2.21. The van der Waals surface area contributed by atoms with Crippen LogP contribution in [0.15, 0.2) is 24.3 Å². The molecule has 0 spiro atoms. The van der Waals surface area contributed by atoms with Crippen molar-refractivity contribution in [2.75, 3.05) is 6.61 Å². The average Bonchev–Trinajstić information content (AvgIpc) is 2.35. The molecule has 0 saturated carbocycles. The van der Waals surface area contributed by atoms with Gasteiger partial charge in [0.25, 0.3) is 0 Å². The molecule has 0 saturated heterocycles. The highest BCUT2D eigenvalue weighted by molar-refractivity contribution is 5.80. The van der Waals surface area contributed by atoms with Gasteiger partial charge in [0.05, 0.1) is 12.7 Å². The molecule has 0 N–H and O–H groups in total. The Bertz CT molecular complexity index is 396. The Hall–Kier alpha value is -1.15. The molecule has 0 radical (unpaired) electrons. The zero-order valence-corrected chi connectivity index (χ0v) is 10.6. The second-order valence-electron chi connectivity index (χ2n) is 4.97. The third-order valence-corrected chi connectivity index (χ3v) is 3.39. The van der Waals surface area contributed by atoms with E-state index in [-0.39, 0.29) is 12.0 Å². The molecule has 1 aliphatic heterocycles. The zero-order valence-electron chi connectivity index (χ0n) is 10.6. The number of carbonyl (C=O) groups excluding carboxylic acids is 1. The normalized spacial score (nSPS) is 19.1. The molecule has 0 fully saturated rings. The summed E-state index contributed by atoms with van der Waals surface area (Å²) in [6.07, 6.45) is 2.54. The van der Waals surface area contributed by atoms with E-state index in [1.165, 1.54) is 11.1 Å². The third-order valence-electron chi connectivity index (χ3n) is 3.39. The second-order valence-corrected chi connectivity index (χ2v) is 4.97. The van der Waals surface area contributed by atoms with Gasteiger partial charge in [-0.15, -0.1) is 0 Å². The first-order chi connectivity index (χ1) is 8.18. The maximum absolute atomic E-state index is 11.6. The van der Waals surface area contributed by atoms with Gasteiger partial charge in [0.2, 0.25) is 0 Å². The lowest BCUT2D eigenvalue weighted by Gasteiger charge is -2.26. The summed E-state index contributed by atoms with van der Waals surface area (Å²) in [7, 11) is 0. The molecular formula is C15H20O2. The van der Waals surface area contributed by atoms with Gasteiger partial charge in [0.1, 0.15) is 5.78 Å². The first-order valence-electron chi connectivity index (χ1n) is 6.40. The molecular weight excluding hydrogens is 212 g/mol. The van der Waals surface area contributed by atoms with E-state index in [9.17, 15) is 4.79 Å². The van der Waals surface area contributed by atoms with E-state index in [2.05, 4.69) is 18.2 Å². The molecule has 0 bridgehead atoms. The van der Waals surface area contributed by atoms with Crippen molar-refractivity contribution in [1.29, 1.82) is 0 Å². The highest BCUT2D eigenvalue weighted by Crippen LogP contribution is 2.30. The van der Waals surface area contributed by atoms with Gasteiger partial charge >= 0.3 is 0 Å². The van der Waals surface area contributed by atoms with Crippen LogP contribution >= 0.6 is 0 Å².